The maximum Gasteiger partial charge on any atom is 0.0540 e. The molecule has 0 atom stereocenters. The van der Waals surface area contributed by atoms with Crippen LogP contribution in [-0.4, -0.2) is 52.9 Å². The molecule has 0 aliphatic heterocycles. The third-order valence-corrected chi connectivity index (χ3v) is 4.69. The molecule has 4 heteroatoms. The molecule has 0 aromatic carbocycles. The van der Waals surface area contributed by atoms with Crippen LogP contribution in [0.2, 0.25) is 0 Å². The van der Waals surface area contributed by atoms with Gasteiger partial charge in [-0.05, 0) is 25.7 Å². The molecule has 0 aromatic rings. The monoisotopic (exact) mass is 338 g/mol. The van der Waals surface area contributed by atoms with Crippen molar-refractivity contribution in [3.05, 3.63) is 0 Å². The van der Waals surface area contributed by atoms with E-state index in [9.17, 15) is 0 Å². The maximum atomic E-state index is 9.03. The van der Waals surface area contributed by atoms with E-state index in [-0.39, 0.29) is 32.3 Å². The summed E-state index contributed by atoms with van der Waals surface area (Å²) in [5, 5.41) is 9.03. The second-order valence-electron chi connectivity index (χ2n) is 5.87. The molecule has 0 unspecified atom stereocenters. The van der Waals surface area contributed by atoms with Gasteiger partial charge in [-0.25, -0.2) is 0 Å². The highest BCUT2D eigenvalue weighted by Crippen LogP contribution is 2.26. The number of methoxy groups -OCH3 is 3. The lowest BCUT2D eigenvalue weighted by molar-refractivity contribution is 0.00493. The summed E-state index contributed by atoms with van der Waals surface area (Å²) in [6, 6.07) is 0. The molecule has 146 valence electrons. The second kappa shape index (κ2) is 18.2. The van der Waals surface area contributed by atoms with Gasteiger partial charge in [0.15, 0.2) is 0 Å². The van der Waals surface area contributed by atoms with Gasteiger partial charge in [-0.2, -0.15) is 0 Å². The molecule has 0 fully saturated rings. The van der Waals surface area contributed by atoms with Gasteiger partial charge in [-0.1, -0.05) is 42.5 Å². The number of aliphatic hydroxyl groups is 1. The molecule has 0 amide bonds. The van der Waals surface area contributed by atoms with E-state index in [1.54, 1.807) is 21.3 Å². The summed E-state index contributed by atoms with van der Waals surface area (Å²) in [7, 11) is 5.17. The molecule has 0 saturated carbocycles. The second-order valence-corrected chi connectivity index (χ2v) is 5.87. The fourth-order valence-corrected chi connectivity index (χ4v) is 2.34. The van der Waals surface area contributed by atoms with E-state index in [2.05, 4.69) is 27.7 Å². The van der Waals surface area contributed by atoms with E-state index < -0.39 is 0 Å². The zero-order valence-electron chi connectivity index (χ0n) is 15.3. The maximum absolute atomic E-state index is 9.03. The first kappa shape index (κ1) is 30.7. The molecule has 0 heterocycles. The van der Waals surface area contributed by atoms with Crippen LogP contribution in [0, 0.1) is 10.8 Å². The normalized spacial score (nSPS) is 11.0. The van der Waals surface area contributed by atoms with Gasteiger partial charge in [-0.3, -0.25) is 0 Å². The van der Waals surface area contributed by atoms with Crippen LogP contribution in [0.3, 0.4) is 0 Å². The van der Waals surface area contributed by atoms with E-state index in [0.29, 0.717) is 6.61 Å². The highest BCUT2D eigenvalue weighted by atomic mass is 16.5. The smallest absolute Gasteiger partial charge is 0.0540 e. The van der Waals surface area contributed by atoms with Crippen LogP contribution in [0.25, 0.3) is 0 Å². The Labute approximate surface area is 146 Å². The molecule has 0 rings (SSSR count). The highest BCUT2D eigenvalue weighted by Gasteiger charge is 2.25. The van der Waals surface area contributed by atoms with Crippen molar-refractivity contribution in [1.29, 1.82) is 0 Å². The first-order valence-corrected chi connectivity index (χ1v) is 8.06. The van der Waals surface area contributed by atoms with Crippen molar-refractivity contribution >= 4 is 0 Å². The standard InChI is InChI=1S/C9H20O2.C8H18O2.2CH4/c1-5-9(6-2,7-10-3)8-11-4;1-4-8(5-2,6-9)7-10-3;;/h5-8H2,1-4H3;9H,4-7H2,1-3H3;2*1H4. The van der Waals surface area contributed by atoms with Crippen molar-refractivity contribution in [2.45, 2.75) is 68.2 Å². The highest BCUT2D eigenvalue weighted by molar-refractivity contribution is 4.75. The van der Waals surface area contributed by atoms with Crippen molar-refractivity contribution in [2.75, 3.05) is 47.8 Å². The minimum Gasteiger partial charge on any atom is -0.396 e. The van der Waals surface area contributed by atoms with Crippen LogP contribution in [0.4, 0.5) is 0 Å². The summed E-state index contributed by atoms with van der Waals surface area (Å²) in [5.41, 5.74) is 0.248. The Morgan fingerprint density at radius 1 is 0.609 bits per heavy atom. The van der Waals surface area contributed by atoms with Gasteiger partial charge in [-0.15, -0.1) is 0 Å². The summed E-state index contributed by atoms with van der Waals surface area (Å²) >= 11 is 0. The zero-order chi connectivity index (χ0) is 16.8. The molecular formula is C19H46O4. The van der Waals surface area contributed by atoms with Gasteiger partial charge >= 0.3 is 0 Å². The molecule has 0 aliphatic rings. The fraction of sp³-hybridized carbons (Fsp3) is 1.00. The first-order valence-electron chi connectivity index (χ1n) is 8.06. The van der Waals surface area contributed by atoms with E-state index in [1.165, 1.54) is 0 Å². The first-order chi connectivity index (χ1) is 9.99. The van der Waals surface area contributed by atoms with E-state index >= 15 is 0 Å². The van der Waals surface area contributed by atoms with Crippen LogP contribution >= 0.6 is 0 Å². The molecule has 0 aliphatic carbocycles. The van der Waals surface area contributed by atoms with Crippen LogP contribution in [0.5, 0.6) is 0 Å². The Hall–Kier alpha value is -0.160. The Morgan fingerprint density at radius 3 is 1.00 bits per heavy atom. The van der Waals surface area contributed by atoms with Crippen molar-refractivity contribution in [3.63, 3.8) is 0 Å². The average Bonchev–Trinajstić information content (AvgIpc) is 2.53. The predicted octanol–water partition coefficient (Wildman–Crippen LogP) is 4.79. The van der Waals surface area contributed by atoms with Crippen LogP contribution in [-0.2, 0) is 14.2 Å². The number of hydrogen-bond acceptors (Lipinski definition) is 4. The molecule has 0 saturated heterocycles. The molecule has 1 N–H and O–H groups in total. The third-order valence-electron chi connectivity index (χ3n) is 4.69. The number of hydrogen-bond donors (Lipinski definition) is 1. The molecule has 0 radical (unpaired) electrons. The SMILES string of the molecule is C.C.CCC(CC)(CO)COC.CCC(CC)(COC)COC. The number of aliphatic hydroxyl groups excluding tert-OH is 1. The molecule has 0 spiro atoms. The Balaban J connectivity index is -0.000000145. The average molecular weight is 339 g/mol. The summed E-state index contributed by atoms with van der Waals surface area (Å²) in [5.74, 6) is 0. The molecule has 23 heavy (non-hydrogen) atoms. The van der Waals surface area contributed by atoms with Crippen LogP contribution in [0.1, 0.15) is 68.2 Å². The summed E-state index contributed by atoms with van der Waals surface area (Å²) in [6.07, 6.45) is 4.19. The minimum absolute atomic E-state index is 0. The lowest BCUT2D eigenvalue weighted by Gasteiger charge is -2.29. The number of rotatable bonds is 11. The lowest BCUT2D eigenvalue weighted by Crippen LogP contribution is -2.30. The molecule has 4 nitrogen and oxygen atoms in total. The summed E-state index contributed by atoms with van der Waals surface area (Å²) in [4.78, 5) is 0. The lowest BCUT2D eigenvalue weighted by atomic mass is 9.84. The van der Waals surface area contributed by atoms with Crippen molar-refractivity contribution in [1.82, 2.24) is 0 Å². The Bertz CT molecular complexity index is 195. The van der Waals surface area contributed by atoms with Crippen LogP contribution in [0.15, 0.2) is 0 Å². The quantitative estimate of drug-likeness (QED) is 0.588. The zero-order valence-corrected chi connectivity index (χ0v) is 15.3. The van der Waals surface area contributed by atoms with Crippen molar-refractivity contribution < 1.29 is 19.3 Å². The van der Waals surface area contributed by atoms with Gasteiger partial charge < -0.3 is 19.3 Å². The van der Waals surface area contributed by atoms with Crippen molar-refractivity contribution in [2.24, 2.45) is 10.8 Å². The van der Waals surface area contributed by atoms with E-state index in [0.717, 1.165) is 38.9 Å². The van der Waals surface area contributed by atoms with Gasteiger partial charge in [0, 0.05) is 32.2 Å². The van der Waals surface area contributed by atoms with Gasteiger partial charge in [0.25, 0.3) is 0 Å². The third kappa shape index (κ3) is 11.9. The largest absolute Gasteiger partial charge is 0.396 e. The molecular weight excluding hydrogens is 292 g/mol. The Morgan fingerprint density at radius 2 is 0.870 bits per heavy atom. The number of ether oxygens (including phenoxy) is 3. The molecule has 0 aromatic heterocycles. The molecule has 0 bridgehead atoms. The van der Waals surface area contributed by atoms with Crippen molar-refractivity contribution in [3.8, 4) is 0 Å². The summed E-state index contributed by atoms with van der Waals surface area (Å²) in [6.45, 7) is 11.0. The van der Waals surface area contributed by atoms with Crippen LogP contribution < -0.4 is 0 Å². The van der Waals surface area contributed by atoms with Gasteiger partial charge in [0.2, 0.25) is 0 Å². The topological polar surface area (TPSA) is 47.9 Å². The summed E-state index contributed by atoms with van der Waals surface area (Å²) < 4.78 is 15.3. The van der Waals surface area contributed by atoms with E-state index in [4.69, 9.17) is 19.3 Å². The Kier molecular flexibility index (Phi) is 24.3. The predicted molar refractivity (Wildman–Crippen MR) is 102 cm³/mol. The fourth-order valence-electron chi connectivity index (χ4n) is 2.34. The van der Waals surface area contributed by atoms with E-state index in [1.807, 2.05) is 0 Å². The van der Waals surface area contributed by atoms with Gasteiger partial charge in [0.1, 0.15) is 0 Å². The minimum atomic E-state index is 0. The van der Waals surface area contributed by atoms with Gasteiger partial charge in [0.05, 0.1) is 26.4 Å².